The van der Waals surface area contributed by atoms with Crippen molar-refractivity contribution in [1.29, 1.82) is 0 Å². The van der Waals surface area contributed by atoms with Gasteiger partial charge in [0.1, 0.15) is 0 Å². The molecule has 1 N–H and O–H groups in total. The number of hydrogen-bond acceptors (Lipinski definition) is 2. The van der Waals surface area contributed by atoms with E-state index >= 15 is 0 Å². The van der Waals surface area contributed by atoms with Gasteiger partial charge in [-0.2, -0.15) is 11.8 Å². The zero-order chi connectivity index (χ0) is 9.41. The molecule has 2 atom stereocenters. The summed E-state index contributed by atoms with van der Waals surface area (Å²) in [6.45, 7) is 6.77. The summed E-state index contributed by atoms with van der Waals surface area (Å²) in [5.74, 6) is 0. The van der Waals surface area contributed by atoms with E-state index in [4.69, 9.17) is 0 Å². The van der Waals surface area contributed by atoms with Gasteiger partial charge in [0.2, 0.25) is 0 Å². The number of aliphatic hydroxyl groups is 1. The zero-order valence-electron chi connectivity index (χ0n) is 8.55. The van der Waals surface area contributed by atoms with Crippen LogP contribution in [0.1, 0.15) is 40.0 Å². The van der Waals surface area contributed by atoms with Crippen LogP contribution in [0.2, 0.25) is 0 Å². The molecule has 1 aliphatic carbocycles. The van der Waals surface area contributed by atoms with Gasteiger partial charge >= 0.3 is 0 Å². The molecule has 0 aromatic carbocycles. The number of hydrogen-bond donors (Lipinski definition) is 1. The van der Waals surface area contributed by atoms with E-state index in [1.165, 1.54) is 6.42 Å². The number of aliphatic hydroxyl groups excluding tert-OH is 1. The summed E-state index contributed by atoms with van der Waals surface area (Å²) in [5, 5.41) is 9.70. The highest BCUT2D eigenvalue weighted by Gasteiger charge is 2.39. The summed E-state index contributed by atoms with van der Waals surface area (Å²) < 4.78 is 0.293. The summed E-state index contributed by atoms with van der Waals surface area (Å²) in [4.78, 5) is 0. The Morgan fingerprint density at radius 1 is 1.25 bits per heavy atom. The fraction of sp³-hybridized carbons (Fsp3) is 1.00. The third kappa shape index (κ3) is 2.40. The maximum atomic E-state index is 9.70. The van der Waals surface area contributed by atoms with Crippen molar-refractivity contribution in [3.05, 3.63) is 0 Å². The SMILES string of the molecule is CSC1(C)CC(O)CC(C)(C)C1. The molecular weight excluding hydrogens is 168 g/mol. The number of rotatable bonds is 1. The van der Waals surface area contributed by atoms with Crippen LogP contribution in [0.5, 0.6) is 0 Å². The maximum absolute atomic E-state index is 9.70. The van der Waals surface area contributed by atoms with E-state index in [0.29, 0.717) is 10.2 Å². The van der Waals surface area contributed by atoms with Crippen LogP contribution in [0, 0.1) is 5.41 Å². The molecule has 0 saturated heterocycles. The van der Waals surface area contributed by atoms with Gasteiger partial charge < -0.3 is 5.11 Å². The van der Waals surface area contributed by atoms with Crippen molar-refractivity contribution in [2.45, 2.75) is 50.9 Å². The topological polar surface area (TPSA) is 20.2 Å². The molecule has 0 aliphatic heterocycles. The van der Waals surface area contributed by atoms with Crippen molar-refractivity contribution in [3.63, 3.8) is 0 Å². The van der Waals surface area contributed by atoms with Crippen LogP contribution in [0.4, 0.5) is 0 Å². The Balaban J connectivity index is 2.70. The van der Waals surface area contributed by atoms with Gasteiger partial charge in [-0.3, -0.25) is 0 Å². The quantitative estimate of drug-likeness (QED) is 0.682. The molecular formula is C10H20OS. The molecule has 72 valence electrons. The minimum atomic E-state index is -0.0915. The highest BCUT2D eigenvalue weighted by Crippen LogP contribution is 2.46. The monoisotopic (exact) mass is 188 g/mol. The summed E-state index contributed by atoms with van der Waals surface area (Å²) in [6, 6.07) is 0. The molecule has 12 heavy (non-hydrogen) atoms. The second-order valence-electron chi connectivity index (χ2n) is 5.06. The first-order valence-corrected chi connectivity index (χ1v) is 5.83. The average molecular weight is 188 g/mol. The largest absolute Gasteiger partial charge is 0.393 e. The zero-order valence-corrected chi connectivity index (χ0v) is 9.37. The molecule has 0 bridgehead atoms. The summed E-state index contributed by atoms with van der Waals surface area (Å²) in [5.41, 5.74) is 0.315. The first-order valence-electron chi connectivity index (χ1n) is 4.60. The van der Waals surface area contributed by atoms with E-state index < -0.39 is 0 Å². The lowest BCUT2D eigenvalue weighted by molar-refractivity contribution is 0.0502. The average Bonchev–Trinajstić information content (AvgIpc) is 1.82. The van der Waals surface area contributed by atoms with Crippen LogP contribution in [0.15, 0.2) is 0 Å². The summed E-state index contributed by atoms with van der Waals surface area (Å²) in [7, 11) is 0. The van der Waals surface area contributed by atoms with Crippen LogP contribution in [0.3, 0.4) is 0 Å². The van der Waals surface area contributed by atoms with Crippen molar-refractivity contribution < 1.29 is 5.11 Å². The van der Waals surface area contributed by atoms with Crippen LogP contribution in [-0.2, 0) is 0 Å². The standard InChI is InChI=1S/C10H20OS/c1-9(2)5-8(11)6-10(3,7-9)12-4/h8,11H,5-7H2,1-4H3. The van der Waals surface area contributed by atoms with E-state index in [1.54, 1.807) is 0 Å². The molecule has 2 heteroatoms. The minimum Gasteiger partial charge on any atom is -0.393 e. The Kier molecular flexibility index (Phi) is 2.79. The van der Waals surface area contributed by atoms with E-state index in [-0.39, 0.29) is 6.10 Å². The Labute approximate surface area is 79.9 Å². The maximum Gasteiger partial charge on any atom is 0.0558 e. The third-order valence-electron chi connectivity index (χ3n) is 2.80. The molecule has 0 amide bonds. The molecule has 1 rings (SSSR count). The predicted octanol–water partition coefficient (Wildman–Crippen LogP) is 2.68. The lowest BCUT2D eigenvalue weighted by Gasteiger charge is -2.44. The number of thioether (sulfide) groups is 1. The van der Waals surface area contributed by atoms with Crippen molar-refractivity contribution in [1.82, 2.24) is 0 Å². The van der Waals surface area contributed by atoms with Crippen molar-refractivity contribution >= 4 is 11.8 Å². The van der Waals surface area contributed by atoms with Gasteiger partial charge in [-0.1, -0.05) is 20.8 Å². The summed E-state index contributed by atoms with van der Waals surface area (Å²) >= 11 is 1.89. The molecule has 1 nitrogen and oxygen atoms in total. The molecule has 0 spiro atoms. The molecule has 0 radical (unpaired) electrons. The van der Waals surface area contributed by atoms with Crippen LogP contribution >= 0.6 is 11.8 Å². The van der Waals surface area contributed by atoms with E-state index in [2.05, 4.69) is 27.0 Å². The molecule has 1 aliphatic rings. The smallest absolute Gasteiger partial charge is 0.0558 e. The first kappa shape index (κ1) is 10.4. The van der Waals surface area contributed by atoms with Gasteiger partial charge in [-0.05, 0) is 30.9 Å². The molecule has 0 aromatic rings. The van der Waals surface area contributed by atoms with E-state index in [9.17, 15) is 5.11 Å². The Morgan fingerprint density at radius 2 is 1.83 bits per heavy atom. The van der Waals surface area contributed by atoms with Crippen LogP contribution < -0.4 is 0 Å². The van der Waals surface area contributed by atoms with Gasteiger partial charge in [0.25, 0.3) is 0 Å². The highest BCUT2D eigenvalue weighted by molar-refractivity contribution is 7.99. The fourth-order valence-electron chi connectivity index (χ4n) is 2.52. The molecule has 1 fully saturated rings. The van der Waals surface area contributed by atoms with E-state index in [0.717, 1.165) is 12.8 Å². The molecule has 0 heterocycles. The van der Waals surface area contributed by atoms with Gasteiger partial charge in [-0.15, -0.1) is 0 Å². The molecule has 1 saturated carbocycles. The second-order valence-corrected chi connectivity index (χ2v) is 6.45. The molecule has 0 aromatic heterocycles. The van der Waals surface area contributed by atoms with Crippen molar-refractivity contribution in [2.75, 3.05) is 6.26 Å². The van der Waals surface area contributed by atoms with E-state index in [1.807, 2.05) is 11.8 Å². The van der Waals surface area contributed by atoms with Gasteiger partial charge in [0, 0.05) is 4.75 Å². The van der Waals surface area contributed by atoms with Gasteiger partial charge in [0.15, 0.2) is 0 Å². The third-order valence-corrected chi connectivity index (χ3v) is 4.10. The Bertz CT molecular complexity index is 167. The Morgan fingerprint density at radius 3 is 2.25 bits per heavy atom. The molecule has 2 unspecified atom stereocenters. The highest BCUT2D eigenvalue weighted by atomic mass is 32.2. The Hall–Kier alpha value is 0.310. The van der Waals surface area contributed by atoms with Crippen LogP contribution in [-0.4, -0.2) is 22.2 Å². The van der Waals surface area contributed by atoms with Gasteiger partial charge in [-0.25, -0.2) is 0 Å². The summed E-state index contributed by atoms with van der Waals surface area (Å²) in [6.07, 6.45) is 5.19. The second kappa shape index (κ2) is 3.22. The lowest BCUT2D eigenvalue weighted by Crippen LogP contribution is -2.40. The lowest BCUT2D eigenvalue weighted by atomic mass is 9.71. The first-order chi connectivity index (χ1) is 5.37. The van der Waals surface area contributed by atoms with Crippen molar-refractivity contribution in [2.24, 2.45) is 5.41 Å². The minimum absolute atomic E-state index is 0.0915. The van der Waals surface area contributed by atoms with Crippen LogP contribution in [0.25, 0.3) is 0 Å². The normalized spacial score (nSPS) is 41.2. The predicted molar refractivity (Wildman–Crippen MR) is 55.6 cm³/mol. The fourth-order valence-corrected chi connectivity index (χ4v) is 3.41. The van der Waals surface area contributed by atoms with Crippen molar-refractivity contribution in [3.8, 4) is 0 Å². The van der Waals surface area contributed by atoms with Gasteiger partial charge in [0.05, 0.1) is 6.10 Å².